The van der Waals surface area contributed by atoms with Crippen LogP contribution in [0.15, 0.2) is 54.6 Å². The number of thioether (sulfide) groups is 1. The third kappa shape index (κ3) is 6.16. The van der Waals surface area contributed by atoms with Crippen LogP contribution in [0.5, 0.6) is 5.75 Å². The molecule has 0 aromatic heterocycles. The van der Waals surface area contributed by atoms with Crippen molar-refractivity contribution in [2.45, 2.75) is 17.9 Å². The molecular formula is C18H20ClNO2S. The fourth-order valence-corrected chi connectivity index (χ4v) is 2.97. The third-order valence-corrected chi connectivity index (χ3v) is 4.73. The lowest BCUT2D eigenvalue weighted by atomic mass is 10.2. The number of carbonyl (C=O) groups excluding carboxylic acids is 1. The van der Waals surface area contributed by atoms with E-state index in [2.05, 4.69) is 17.4 Å². The Hall–Kier alpha value is -1.65. The van der Waals surface area contributed by atoms with Crippen molar-refractivity contribution in [2.24, 2.45) is 0 Å². The smallest absolute Gasteiger partial charge is 0.232 e. The predicted octanol–water partition coefficient (Wildman–Crippen LogP) is 4.16. The molecule has 0 heterocycles. The maximum Gasteiger partial charge on any atom is 0.232 e. The largest absolute Gasteiger partial charge is 0.490 e. The molecule has 0 aliphatic rings. The topological polar surface area (TPSA) is 38.3 Å². The molecule has 122 valence electrons. The summed E-state index contributed by atoms with van der Waals surface area (Å²) < 4.78 is 5.54. The lowest BCUT2D eigenvalue weighted by molar-refractivity contribution is -0.120. The molecule has 0 unspecified atom stereocenters. The van der Waals surface area contributed by atoms with Crippen LogP contribution in [-0.2, 0) is 10.5 Å². The Balaban J connectivity index is 1.65. The summed E-state index contributed by atoms with van der Waals surface area (Å²) in [6.45, 7) is 2.77. The summed E-state index contributed by atoms with van der Waals surface area (Å²) in [5.74, 6) is 1.48. The second-order valence-corrected chi connectivity index (χ2v) is 6.75. The van der Waals surface area contributed by atoms with Gasteiger partial charge in [0.15, 0.2) is 0 Å². The number of rotatable bonds is 8. The van der Waals surface area contributed by atoms with E-state index in [4.69, 9.17) is 16.3 Å². The van der Waals surface area contributed by atoms with Gasteiger partial charge in [0.2, 0.25) is 5.91 Å². The first-order valence-electron chi connectivity index (χ1n) is 7.47. The van der Waals surface area contributed by atoms with Gasteiger partial charge in [-0.15, -0.1) is 11.8 Å². The third-order valence-electron chi connectivity index (χ3n) is 3.21. The molecule has 23 heavy (non-hydrogen) atoms. The molecule has 0 aliphatic heterocycles. The van der Waals surface area contributed by atoms with E-state index in [9.17, 15) is 4.79 Å². The summed E-state index contributed by atoms with van der Waals surface area (Å²) >= 11 is 7.62. The van der Waals surface area contributed by atoms with Crippen molar-refractivity contribution in [3.8, 4) is 5.75 Å². The first-order valence-corrected chi connectivity index (χ1v) is 8.90. The lowest BCUT2D eigenvalue weighted by Crippen LogP contribution is -2.34. The molecule has 3 nitrogen and oxygen atoms in total. The van der Waals surface area contributed by atoms with Gasteiger partial charge in [0.05, 0.1) is 16.8 Å². The van der Waals surface area contributed by atoms with Gasteiger partial charge in [-0.25, -0.2) is 0 Å². The number of nitrogens with one attached hydrogen (secondary N) is 1. The monoisotopic (exact) mass is 349 g/mol. The van der Waals surface area contributed by atoms with Crippen molar-refractivity contribution >= 4 is 29.3 Å². The number of hydrogen-bond acceptors (Lipinski definition) is 3. The molecule has 2 aromatic carbocycles. The summed E-state index contributed by atoms with van der Waals surface area (Å²) in [5.41, 5.74) is 1.22. The highest BCUT2D eigenvalue weighted by Gasteiger charge is 2.12. The second-order valence-electron chi connectivity index (χ2n) is 5.01. The molecular weight excluding hydrogens is 330 g/mol. The zero-order valence-electron chi connectivity index (χ0n) is 13.0. The van der Waals surface area contributed by atoms with Crippen molar-refractivity contribution in [1.29, 1.82) is 0 Å². The van der Waals surface area contributed by atoms with Gasteiger partial charge in [0.25, 0.3) is 0 Å². The molecule has 2 aromatic rings. The number of hydrogen-bond donors (Lipinski definition) is 1. The van der Waals surface area contributed by atoms with Crippen LogP contribution < -0.4 is 10.1 Å². The van der Waals surface area contributed by atoms with Gasteiger partial charge in [-0.05, 0) is 24.6 Å². The number of ether oxygens (including phenoxy) is 1. The normalized spacial score (nSPS) is 11.7. The van der Waals surface area contributed by atoms with E-state index in [1.54, 1.807) is 17.8 Å². The SMILES string of the molecule is C[C@H](SCc1ccccc1)C(=O)NCCOc1ccccc1Cl. The first kappa shape index (κ1) is 17.7. The Morgan fingerprint density at radius 2 is 1.87 bits per heavy atom. The molecule has 1 amide bonds. The van der Waals surface area contributed by atoms with Crippen LogP contribution in [-0.4, -0.2) is 24.3 Å². The number of carbonyl (C=O) groups is 1. The van der Waals surface area contributed by atoms with Crippen LogP contribution in [0, 0.1) is 0 Å². The Kier molecular flexibility index (Phi) is 7.30. The van der Waals surface area contributed by atoms with Gasteiger partial charge in [-0.3, -0.25) is 4.79 Å². The Morgan fingerprint density at radius 1 is 1.17 bits per heavy atom. The Labute approximate surface area is 146 Å². The van der Waals surface area contributed by atoms with E-state index < -0.39 is 0 Å². The van der Waals surface area contributed by atoms with Crippen LogP contribution in [0.3, 0.4) is 0 Å². The minimum absolute atomic E-state index is 0.0219. The molecule has 5 heteroatoms. The van der Waals surface area contributed by atoms with E-state index in [1.807, 2.05) is 43.3 Å². The lowest BCUT2D eigenvalue weighted by Gasteiger charge is -2.13. The van der Waals surface area contributed by atoms with Crippen LogP contribution in [0.1, 0.15) is 12.5 Å². The summed E-state index contributed by atoms with van der Waals surface area (Å²) in [5, 5.41) is 3.35. The van der Waals surface area contributed by atoms with Gasteiger partial charge in [-0.1, -0.05) is 54.1 Å². The zero-order chi connectivity index (χ0) is 16.5. The van der Waals surface area contributed by atoms with E-state index in [0.717, 1.165) is 5.75 Å². The van der Waals surface area contributed by atoms with Crippen molar-refractivity contribution < 1.29 is 9.53 Å². The van der Waals surface area contributed by atoms with Gasteiger partial charge in [-0.2, -0.15) is 0 Å². The Morgan fingerprint density at radius 3 is 2.61 bits per heavy atom. The highest BCUT2D eigenvalue weighted by atomic mass is 35.5. The van der Waals surface area contributed by atoms with Crippen LogP contribution in [0.25, 0.3) is 0 Å². The van der Waals surface area contributed by atoms with E-state index in [1.165, 1.54) is 5.56 Å². The highest BCUT2D eigenvalue weighted by molar-refractivity contribution is 7.99. The van der Waals surface area contributed by atoms with Crippen molar-refractivity contribution in [3.63, 3.8) is 0 Å². The van der Waals surface area contributed by atoms with Crippen LogP contribution >= 0.6 is 23.4 Å². The van der Waals surface area contributed by atoms with Gasteiger partial charge in [0.1, 0.15) is 12.4 Å². The summed E-state index contributed by atoms with van der Waals surface area (Å²) in [6, 6.07) is 17.4. The number of halogens is 1. The van der Waals surface area contributed by atoms with Gasteiger partial charge in [0, 0.05) is 5.75 Å². The van der Waals surface area contributed by atoms with Crippen molar-refractivity contribution in [2.75, 3.05) is 13.2 Å². The number of para-hydroxylation sites is 1. The number of benzene rings is 2. The molecule has 1 N–H and O–H groups in total. The average molecular weight is 350 g/mol. The molecule has 0 saturated carbocycles. The minimum atomic E-state index is -0.101. The second kappa shape index (κ2) is 9.48. The zero-order valence-corrected chi connectivity index (χ0v) is 14.6. The number of amides is 1. The standard InChI is InChI=1S/C18H20ClNO2S/c1-14(23-13-15-7-3-2-4-8-15)18(21)20-11-12-22-17-10-6-5-9-16(17)19/h2-10,14H,11-13H2,1H3,(H,20,21)/t14-/m0/s1. The molecule has 0 fully saturated rings. The summed E-state index contributed by atoms with van der Waals surface area (Å²) in [4.78, 5) is 12.0. The van der Waals surface area contributed by atoms with Gasteiger partial charge >= 0.3 is 0 Å². The van der Waals surface area contributed by atoms with E-state index >= 15 is 0 Å². The minimum Gasteiger partial charge on any atom is -0.490 e. The van der Waals surface area contributed by atoms with Crippen molar-refractivity contribution in [3.05, 3.63) is 65.2 Å². The van der Waals surface area contributed by atoms with Crippen LogP contribution in [0.2, 0.25) is 5.02 Å². The molecule has 1 atom stereocenters. The molecule has 2 rings (SSSR count). The van der Waals surface area contributed by atoms with Crippen LogP contribution in [0.4, 0.5) is 0 Å². The average Bonchev–Trinajstić information content (AvgIpc) is 2.58. The summed E-state index contributed by atoms with van der Waals surface area (Å²) in [7, 11) is 0. The maximum atomic E-state index is 12.0. The van der Waals surface area contributed by atoms with E-state index in [0.29, 0.717) is 23.9 Å². The first-order chi connectivity index (χ1) is 11.2. The van der Waals surface area contributed by atoms with E-state index in [-0.39, 0.29) is 11.2 Å². The molecule has 0 bridgehead atoms. The fourth-order valence-electron chi connectivity index (χ4n) is 1.91. The predicted molar refractivity (Wildman–Crippen MR) is 97.2 cm³/mol. The molecule has 0 saturated heterocycles. The Bertz CT molecular complexity index is 621. The highest BCUT2D eigenvalue weighted by Crippen LogP contribution is 2.22. The summed E-state index contributed by atoms with van der Waals surface area (Å²) in [6.07, 6.45) is 0. The molecule has 0 aliphatic carbocycles. The fraction of sp³-hybridized carbons (Fsp3) is 0.278. The quantitative estimate of drug-likeness (QED) is 0.727. The van der Waals surface area contributed by atoms with Crippen molar-refractivity contribution in [1.82, 2.24) is 5.32 Å². The molecule has 0 radical (unpaired) electrons. The maximum absolute atomic E-state index is 12.0. The van der Waals surface area contributed by atoms with Gasteiger partial charge < -0.3 is 10.1 Å². The molecule has 0 spiro atoms.